The number of carbonyl (C=O) groups excluding carboxylic acids is 1. The highest BCUT2D eigenvalue weighted by molar-refractivity contribution is 7.89. The molecule has 0 heterocycles. The van der Waals surface area contributed by atoms with Crippen molar-refractivity contribution < 1.29 is 13.2 Å². The number of sulfonamides is 1. The van der Waals surface area contributed by atoms with Gasteiger partial charge in [0.05, 0.1) is 4.90 Å². The van der Waals surface area contributed by atoms with Gasteiger partial charge in [-0.3, -0.25) is 4.79 Å². The normalized spacial score (nSPS) is 12.2. The lowest BCUT2D eigenvalue weighted by Gasteiger charge is -2.27. The Morgan fingerprint density at radius 3 is 2.22 bits per heavy atom. The van der Waals surface area contributed by atoms with Gasteiger partial charge in [-0.05, 0) is 58.4 Å². The molecule has 0 unspecified atom stereocenters. The molecule has 27 heavy (non-hydrogen) atoms. The summed E-state index contributed by atoms with van der Waals surface area (Å²) in [6.45, 7) is 9.69. The fourth-order valence-corrected chi connectivity index (χ4v) is 4.16. The molecule has 2 rings (SSSR count). The molecule has 0 aliphatic rings. The van der Waals surface area contributed by atoms with E-state index in [-0.39, 0.29) is 16.8 Å². The van der Waals surface area contributed by atoms with Gasteiger partial charge in [0.2, 0.25) is 10.0 Å². The van der Waals surface area contributed by atoms with E-state index in [2.05, 4.69) is 4.72 Å². The van der Waals surface area contributed by atoms with E-state index in [1.165, 1.54) is 12.1 Å². The smallest absolute Gasteiger partial charge is 0.254 e. The average Bonchev–Trinajstić information content (AvgIpc) is 2.58. The molecule has 0 saturated heterocycles. The van der Waals surface area contributed by atoms with E-state index < -0.39 is 15.6 Å². The Morgan fingerprint density at radius 2 is 1.67 bits per heavy atom. The van der Waals surface area contributed by atoms with Crippen LogP contribution in [0.5, 0.6) is 0 Å². The van der Waals surface area contributed by atoms with E-state index >= 15 is 0 Å². The Kier molecular flexibility index (Phi) is 6.44. The molecular weight excluding hydrogens is 360 g/mol. The van der Waals surface area contributed by atoms with Gasteiger partial charge < -0.3 is 4.90 Å². The Labute approximate surface area is 162 Å². The molecule has 0 bridgehead atoms. The van der Waals surface area contributed by atoms with Crippen molar-refractivity contribution in [2.45, 2.75) is 57.6 Å². The predicted octanol–water partition coefficient (Wildman–Crippen LogP) is 3.81. The van der Waals surface area contributed by atoms with E-state index in [1.54, 1.807) is 37.8 Å². The number of rotatable bonds is 6. The molecular formula is C21H28N2O3S. The Morgan fingerprint density at radius 1 is 1.04 bits per heavy atom. The number of benzene rings is 2. The van der Waals surface area contributed by atoms with E-state index in [9.17, 15) is 13.2 Å². The third-order valence-electron chi connectivity index (χ3n) is 3.91. The van der Waals surface area contributed by atoms with E-state index in [0.29, 0.717) is 12.1 Å². The maximum atomic E-state index is 13.1. The first-order chi connectivity index (χ1) is 12.5. The van der Waals surface area contributed by atoms with Gasteiger partial charge in [0, 0.05) is 23.7 Å². The molecule has 0 fully saturated rings. The largest absolute Gasteiger partial charge is 0.332 e. The third-order valence-corrected chi connectivity index (χ3v) is 5.67. The SMILES string of the molecule is CC(C)N(Cc1ccccc1)C(=O)c1cccc(S(=O)(=O)NC(C)(C)C)c1. The maximum absolute atomic E-state index is 13.1. The van der Waals surface area contributed by atoms with Crippen LogP contribution >= 0.6 is 0 Å². The number of hydrogen-bond donors (Lipinski definition) is 1. The van der Waals surface area contributed by atoms with Crippen LogP contribution in [0.2, 0.25) is 0 Å². The lowest BCUT2D eigenvalue weighted by molar-refractivity contribution is 0.0690. The number of nitrogens with one attached hydrogen (secondary N) is 1. The molecule has 0 aromatic heterocycles. The van der Waals surface area contributed by atoms with Crippen molar-refractivity contribution in [1.29, 1.82) is 0 Å². The summed E-state index contributed by atoms with van der Waals surface area (Å²) in [4.78, 5) is 14.9. The number of hydrogen-bond acceptors (Lipinski definition) is 3. The fraction of sp³-hybridized carbons (Fsp3) is 0.381. The predicted molar refractivity (Wildman–Crippen MR) is 108 cm³/mol. The van der Waals surface area contributed by atoms with Crippen molar-refractivity contribution in [3.05, 3.63) is 65.7 Å². The third kappa shape index (κ3) is 5.91. The summed E-state index contributed by atoms with van der Waals surface area (Å²) in [6.07, 6.45) is 0. The van der Waals surface area contributed by atoms with E-state index in [0.717, 1.165) is 5.56 Å². The lowest BCUT2D eigenvalue weighted by atomic mass is 10.1. The summed E-state index contributed by atoms with van der Waals surface area (Å²) in [6, 6.07) is 15.9. The minimum absolute atomic E-state index is 0.0225. The van der Waals surface area contributed by atoms with Crippen molar-refractivity contribution >= 4 is 15.9 Å². The molecule has 2 aromatic rings. The average molecular weight is 389 g/mol. The molecule has 1 N–H and O–H groups in total. The molecule has 2 aromatic carbocycles. The monoisotopic (exact) mass is 388 g/mol. The molecule has 0 atom stereocenters. The minimum atomic E-state index is -3.70. The van der Waals surface area contributed by atoms with Gasteiger partial charge in [0.1, 0.15) is 0 Å². The van der Waals surface area contributed by atoms with Crippen LogP contribution in [-0.4, -0.2) is 30.8 Å². The Bertz CT molecular complexity index is 885. The van der Waals surface area contributed by atoms with Crippen molar-refractivity contribution in [2.75, 3.05) is 0 Å². The van der Waals surface area contributed by atoms with Crippen molar-refractivity contribution in [3.8, 4) is 0 Å². The van der Waals surface area contributed by atoms with Crippen LogP contribution in [0.15, 0.2) is 59.5 Å². The minimum Gasteiger partial charge on any atom is -0.332 e. The van der Waals surface area contributed by atoms with E-state index in [4.69, 9.17) is 0 Å². The highest BCUT2D eigenvalue weighted by atomic mass is 32.2. The number of nitrogens with zero attached hydrogens (tertiary/aromatic N) is 1. The van der Waals surface area contributed by atoms with Crippen LogP contribution in [0.1, 0.15) is 50.5 Å². The summed E-state index contributed by atoms with van der Waals surface area (Å²) >= 11 is 0. The van der Waals surface area contributed by atoms with Crippen LogP contribution in [-0.2, 0) is 16.6 Å². The molecule has 0 radical (unpaired) electrons. The summed E-state index contributed by atoms with van der Waals surface area (Å²) in [7, 11) is -3.70. The molecule has 0 spiro atoms. The highest BCUT2D eigenvalue weighted by Crippen LogP contribution is 2.18. The van der Waals surface area contributed by atoms with Crippen molar-refractivity contribution in [1.82, 2.24) is 9.62 Å². The molecule has 6 heteroatoms. The highest BCUT2D eigenvalue weighted by Gasteiger charge is 2.24. The zero-order chi connectivity index (χ0) is 20.2. The fourth-order valence-electron chi connectivity index (χ4n) is 2.69. The second-order valence-electron chi connectivity index (χ2n) is 7.90. The topological polar surface area (TPSA) is 66.5 Å². The number of carbonyl (C=O) groups is 1. The molecule has 1 amide bonds. The first-order valence-corrected chi connectivity index (χ1v) is 10.5. The van der Waals surface area contributed by atoms with E-state index in [1.807, 2.05) is 44.2 Å². The summed E-state index contributed by atoms with van der Waals surface area (Å²) in [5.41, 5.74) is 0.782. The van der Waals surface area contributed by atoms with Crippen LogP contribution in [0.25, 0.3) is 0 Å². The van der Waals surface area contributed by atoms with Crippen LogP contribution < -0.4 is 4.72 Å². The molecule has 5 nitrogen and oxygen atoms in total. The van der Waals surface area contributed by atoms with Gasteiger partial charge in [-0.25, -0.2) is 13.1 Å². The van der Waals surface area contributed by atoms with Gasteiger partial charge in [-0.15, -0.1) is 0 Å². The second kappa shape index (κ2) is 8.23. The molecule has 0 aliphatic heterocycles. The maximum Gasteiger partial charge on any atom is 0.254 e. The zero-order valence-corrected chi connectivity index (χ0v) is 17.4. The first-order valence-electron chi connectivity index (χ1n) is 8.98. The van der Waals surface area contributed by atoms with Crippen molar-refractivity contribution in [2.24, 2.45) is 0 Å². The van der Waals surface area contributed by atoms with Gasteiger partial charge in [0.15, 0.2) is 0 Å². The number of amides is 1. The van der Waals surface area contributed by atoms with Crippen LogP contribution in [0.3, 0.4) is 0 Å². The van der Waals surface area contributed by atoms with Crippen LogP contribution in [0, 0.1) is 0 Å². The summed E-state index contributed by atoms with van der Waals surface area (Å²) in [5, 5.41) is 0. The molecule has 0 saturated carbocycles. The van der Waals surface area contributed by atoms with Crippen LogP contribution in [0.4, 0.5) is 0 Å². The second-order valence-corrected chi connectivity index (χ2v) is 9.58. The van der Waals surface area contributed by atoms with Gasteiger partial charge >= 0.3 is 0 Å². The standard InChI is InChI=1S/C21H28N2O3S/c1-16(2)23(15-17-10-7-6-8-11-17)20(24)18-12-9-13-19(14-18)27(25,26)22-21(3,4)5/h6-14,16,22H,15H2,1-5H3. The molecule has 0 aliphatic carbocycles. The quantitative estimate of drug-likeness (QED) is 0.818. The Balaban J connectivity index is 2.32. The lowest BCUT2D eigenvalue weighted by Crippen LogP contribution is -2.40. The summed E-state index contributed by atoms with van der Waals surface area (Å²) < 4.78 is 27.8. The van der Waals surface area contributed by atoms with Gasteiger partial charge in [0.25, 0.3) is 5.91 Å². The first kappa shape index (κ1) is 21.1. The zero-order valence-electron chi connectivity index (χ0n) is 16.6. The van der Waals surface area contributed by atoms with Gasteiger partial charge in [-0.1, -0.05) is 36.4 Å². The van der Waals surface area contributed by atoms with Gasteiger partial charge in [-0.2, -0.15) is 0 Å². The molecule has 146 valence electrons. The summed E-state index contributed by atoms with van der Waals surface area (Å²) in [5.74, 6) is -0.193. The Hall–Kier alpha value is -2.18. The van der Waals surface area contributed by atoms with Crippen molar-refractivity contribution in [3.63, 3.8) is 0 Å².